The molecule has 0 radical (unpaired) electrons. The molecule has 4 heteroatoms. The summed E-state index contributed by atoms with van der Waals surface area (Å²) < 4.78 is 21.5. The number of aliphatic hydroxyl groups excluding tert-OH is 1. The second kappa shape index (κ2) is 3.54. The lowest BCUT2D eigenvalue weighted by atomic mass is 10.1. The van der Waals surface area contributed by atoms with Crippen molar-refractivity contribution in [1.82, 2.24) is 0 Å². The lowest BCUT2D eigenvalue weighted by Gasteiger charge is -2.21. The molecule has 0 fully saturated rings. The Bertz CT molecular complexity index is 204. The topological polar surface area (TPSA) is 54.4 Å². The second-order valence-corrected chi connectivity index (χ2v) is 6.01. The minimum Gasteiger partial charge on any atom is -0.396 e. The van der Waals surface area contributed by atoms with Crippen molar-refractivity contribution < 1.29 is 13.5 Å². The summed E-state index contributed by atoms with van der Waals surface area (Å²) in [6.07, 6.45) is 2.28. The minimum absolute atomic E-state index is 0.0545. The van der Waals surface area contributed by atoms with E-state index in [1.807, 2.05) is 0 Å². The molecule has 0 saturated heterocycles. The Balaban J connectivity index is 4.24. The van der Waals surface area contributed by atoms with Crippen molar-refractivity contribution in [2.45, 2.75) is 31.4 Å². The monoisotopic (exact) mass is 180 g/mol. The molecule has 0 aromatic rings. The van der Waals surface area contributed by atoms with Crippen LogP contribution in [0.2, 0.25) is 0 Å². The minimum atomic E-state index is -2.99. The molecule has 0 heterocycles. The molecule has 0 aliphatic heterocycles. The molecule has 0 rings (SSSR count). The van der Waals surface area contributed by atoms with Crippen LogP contribution >= 0.6 is 0 Å². The fourth-order valence-corrected chi connectivity index (χ4v) is 1.21. The first kappa shape index (κ1) is 10.9. The summed E-state index contributed by atoms with van der Waals surface area (Å²) >= 11 is 0. The van der Waals surface area contributed by atoms with Crippen molar-refractivity contribution in [2.24, 2.45) is 0 Å². The van der Waals surface area contributed by atoms with Gasteiger partial charge in [0.25, 0.3) is 0 Å². The molecule has 1 N–H and O–H groups in total. The van der Waals surface area contributed by atoms with Crippen molar-refractivity contribution in [3.05, 3.63) is 0 Å². The maximum absolute atomic E-state index is 11.1. The standard InChI is InChI=1S/C7H16O3S/c1-7(2,5-4-6-8)11(3,9)10/h8H,4-6H2,1-3H3. The van der Waals surface area contributed by atoms with Crippen LogP contribution < -0.4 is 0 Å². The molecule has 0 unspecified atom stereocenters. The van der Waals surface area contributed by atoms with Gasteiger partial charge in [0, 0.05) is 12.9 Å². The Labute approximate surface area is 68.3 Å². The van der Waals surface area contributed by atoms with Gasteiger partial charge in [0.15, 0.2) is 9.84 Å². The van der Waals surface area contributed by atoms with Crippen LogP contribution in [0.25, 0.3) is 0 Å². The Morgan fingerprint density at radius 2 is 1.82 bits per heavy atom. The highest BCUT2D eigenvalue weighted by Crippen LogP contribution is 2.20. The number of hydrogen-bond donors (Lipinski definition) is 1. The highest BCUT2D eigenvalue weighted by molar-refractivity contribution is 7.92. The van der Waals surface area contributed by atoms with Gasteiger partial charge in [-0.25, -0.2) is 8.42 Å². The first-order chi connectivity index (χ1) is 4.81. The van der Waals surface area contributed by atoms with Crippen molar-refractivity contribution in [3.8, 4) is 0 Å². The predicted molar refractivity (Wildman–Crippen MR) is 45.2 cm³/mol. The number of aliphatic hydroxyl groups is 1. The zero-order valence-electron chi connectivity index (χ0n) is 7.29. The predicted octanol–water partition coefficient (Wildman–Crippen LogP) is 0.582. The van der Waals surface area contributed by atoms with Crippen molar-refractivity contribution >= 4 is 9.84 Å². The normalized spacial score (nSPS) is 13.5. The van der Waals surface area contributed by atoms with E-state index in [4.69, 9.17) is 5.11 Å². The molecule has 0 spiro atoms. The first-order valence-electron chi connectivity index (χ1n) is 3.62. The molecule has 0 aromatic carbocycles. The van der Waals surface area contributed by atoms with Crippen LogP contribution in [-0.2, 0) is 9.84 Å². The third-order valence-electron chi connectivity index (χ3n) is 1.94. The van der Waals surface area contributed by atoms with Gasteiger partial charge in [-0.15, -0.1) is 0 Å². The lowest BCUT2D eigenvalue weighted by Crippen LogP contribution is -2.30. The molecular formula is C7H16O3S. The quantitative estimate of drug-likeness (QED) is 0.688. The summed E-state index contributed by atoms with van der Waals surface area (Å²) in [4.78, 5) is 0. The van der Waals surface area contributed by atoms with E-state index in [1.54, 1.807) is 13.8 Å². The van der Waals surface area contributed by atoms with Gasteiger partial charge in [0.1, 0.15) is 0 Å². The maximum Gasteiger partial charge on any atom is 0.152 e. The van der Waals surface area contributed by atoms with Gasteiger partial charge in [-0.3, -0.25) is 0 Å². The van der Waals surface area contributed by atoms with E-state index in [0.717, 1.165) is 0 Å². The van der Waals surface area contributed by atoms with Gasteiger partial charge >= 0.3 is 0 Å². The van der Waals surface area contributed by atoms with Crippen molar-refractivity contribution in [3.63, 3.8) is 0 Å². The number of sulfone groups is 1. The summed E-state index contributed by atoms with van der Waals surface area (Å²) in [5, 5.41) is 8.50. The molecular weight excluding hydrogens is 164 g/mol. The fourth-order valence-electron chi connectivity index (χ4n) is 0.690. The molecule has 0 aromatic heterocycles. The molecule has 0 saturated carbocycles. The van der Waals surface area contributed by atoms with Crippen LogP contribution in [0, 0.1) is 0 Å². The van der Waals surface area contributed by atoms with Crippen LogP contribution in [0.3, 0.4) is 0 Å². The SMILES string of the molecule is CC(C)(CCCO)S(C)(=O)=O. The highest BCUT2D eigenvalue weighted by Gasteiger charge is 2.28. The van der Waals surface area contributed by atoms with Crippen LogP contribution in [0.1, 0.15) is 26.7 Å². The number of rotatable bonds is 4. The molecule has 0 atom stereocenters. The van der Waals surface area contributed by atoms with Gasteiger partial charge in [-0.05, 0) is 26.7 Å². The molecule has 0 aliphatic carbocycles. The molecule has 0 aliphatic rings. The Morgan fingerprint density at radius 3 is 2.09 bits per heavy atom. The summed E-state index contributed by atoms with van der Waals surface area (Å²) in [6, 6.07) is 0. The average Bonchev–Trinajstić information content (AvgIpc) is 1.81. The molecule has 68 valence electrons. The molecule has 3 nitrogen and oxygen atoms in total. The van der Waals surface area contributed by atoms with Gasteiger partial charge in [-0.1, -0.05) is 0 Å². The molecule has 0 bridgehead atoms. The maximum atomic E-state index is 11.1. The van der Waals surface area contributed by atoms with Crippen LogP contribution in [-0.4, -0.2) is 31.1 Å². The van der Waals surface area contributed by atoms with Crippen molar-refractivity contribution in [1.29, 1.82) is 0 Å². The Hall–Kier alpha value is -0.0900. The molecule has 11 heavy (non-hydrogen) atoms. The second-order valence-electron chi connectivity index (χ2n) is 3.36. The van der Waals surface area contributed by atoms with E-state index in [9.17, 15) is 8.42 Å². The Morgan fingerprint density at radius 1 is 1.36 bits per heavy atom. The fraction of sp³-hybridized carbons (Fsp3) is 1.00. The van der Waals surface area contributed by atoms with Gasteiger partial charge in [-0.2, -0.15) is 0 Å². The summed E-state index contributed by atoms with van der Waals surface area (Å²) in [6.45, 7) is 3.41. The van der Waals surface area contributed by atoms with E-state index in [-0.39, 0.29) is 6.61 Å². The van der Waals surface area contributed by atoms with Gasteiger partial charge < -0.3 is 5.11 Å². The zero-order chi connectivity index (χ0) is 9.12. The average molecular weight is 180 g/mol. The van der Waals surface area contributed by atoms with E-state index in [0.29, 0.717) is 12.8 Å². The summed E-state index contributed by atoms with van der Waals surface area (Å²) in [5.41, 5.74) is 0. The number of hydrogen-bond acceptors (Lipinski definition) is 3. The van der Waals surface area contributed by atoms with Gasteiger partial charge in [0.2, 0.25) is 0 Å². The smallest absolute Gasteiger partial charge is 0.152 e. The van der Waals surface area contributed by atoms with Gasteiger partial charge in [0.05, 0.1) is 4.75 Å². The highest BCUT2D eigenvalue weighted by atomic mass is 32.2. The van der Waals surface area contributed by atoms with E-state index >= 15 is 0 Å². The van der Waals surface area contributed by atoms with Crippen molar-refractivity contribution in [2.75, 3.05) is 12.9 Å². The van der Waals surface area contributed by atoms with Crippen LogP contribution in [0.4, 0.5) is 0 Å². The largest absolute Gasteiger partial charge is 0.396 e. The zero-order valence-corrected chi connectivity index (χ0v) is 8.11. The third-order valence-corrected chi connectivity index (χ3v) is 4.15. The Kier molecular flexibility index (Phi) is 3.51. The van der Waals surface area contributed by atoms with Crippen LogP contribution in [0.15, 0.2) is 0 Å². The van der Waals surface area contributed by atoms with E-state index in [1.165, 1.54) is 6.26 Å². The van der Waals surface area contributed by atoms with E-state index < -0.39 is 14.6 Å². The lowest BCUT2D eigenvalue weighted by molar-refractivity contribution is 0.278. The van der Waals surface area contributed by atoms with E-state index in [2.05, 4.69) is 0 Å². The summed E-state index contributed by atoms with van der Waals surface area (Å²) in [7, 11) is -2.99. The third kappa shape index (κ3) is 3.20. The first-order valence-corrected chi connectivity index (χ1v) is 5.51. The summed E-state index contributed by atoms with van der Waals surface area (Å²) in [5.74, 6) is 0. The van der Waals surface area contributed by atoms with Crippen LogP contribution in [0.5, 0.6) is 0 Å². The molecule has 0 amide bonds.